The molecule has 0 bridgehead atoms. The van der Waals surface area contributed by atoms with Gasteiger partial charge in [0.25, 0.3) is 0 Å². The zero-order chi connectivity index (χ0) is 23.8. The van der Waals surface area contributed by atoms with Crippen LogP contribution in [0.15, 0.2) is 55.1 Å². The first-order valence-electron chi connectivity index (χ1n) is 11.5. The molecule has 0 aliphatic carbocycles. The van der Waals surface area contributed by atoms with Crippen LogP contribution in [-0.2, 0) is 16.0 Å². The van der Waals surface area contributed by atoms with Crippen LogP contribution in [0.1, 0.15) is 45.6 Å². The molecule has 4 nitrogen and oxygen atoms in total. The number of esters is 1. The van der Waals surface area contributed by atoms with Gasteiger partial charge < -0.3 is 14.2 Å². The van der Waals surface area contributed by atoms with E-state index in [0.717, 1.165) is 28.2 Å². The van der Waals surface area contributed by atoms with Gasteiger partial charge in [0, 0.05) is 26.6 Å². The Morgan fingerprint density at radius 2 is 1.91 bits per heavy atom. The monoisotopic (exact) mass is 466 g/mol. The summed E-state index contributed by atoms with van der Waals surface area (Å²) in [6, 6.07) is 14.9. The molecular formula is C28H34O4S. The van der Waals surface area contributed by atoms with Gasteiger partial charge in [-0.15, -0.1) is 11.3 Å². The van der Waals surface area contributed by atoms with Gasteiger partial charge in [-0.25, -0.2) is 4.79 Å². The largest absolute Gasteiger partial charge is 0.496 e. The van der Waals surface area contributed by atoms with Crippen molar-refractivity contribution < 1.29 is 19.0 Å². The van der Waals surface area contributed by atoms with Crippen LogP contribution in [0.3, 0.4) is 0 Å². The highest BCUT2D eigenvalue weighted by Crippen LogP contribution is 2.40. The standard InChI is InChI=1S/C28H34O4S/c1-6-8-9-10-20-11-14-23(24(15-20)30-5)26-16-21-12-13-22(17-25(21)33-26)31-18-28(3,4)19-32-27(29)7-2/h7,11-17H,2,6,8-10,18-19H2,1,3-5H3. The van der Waals surface area contributed by atoms with Crippen molar-refractivity contribution in [2.24, 2.45) is 5.41 Å². The van der Waals surface area contributed by atoms with E-state index in [4.69, 9.17) is 14.2 Å². The molecule has 1 aromatic heterocycles. The van der Waals surface area contributed by atoms with Gasteiger partial charge in [-0.2, -0.15) is 0 Å². The van der Waals surface area contributed by atoms with E-state index in [1.165, 1.54) is 41.2 Å². The minimum atomic E-state index is -0.417. The van der Waals surface area contributed by atoms with E-state index in [9.17, 15) is 4.79 Å². The Bertz CT molecular complexity index is 1100. The lowest BCUT2D eigenvalue weighted by Crippen LogP contribution is -2.28. The molecule has 0 radical (unpaired) electrons. The number of benzene rings is 2. The minimum absolute atomic E-state index is 0.275. The smallest absolute Gasteiger partial charge is 0.330 e. The van der Waals surface area contributed by atoms with Gasteiger partial charge in [0.2, 0.25) is 0 Å². The molecule has 0 aliphatic rings. The zero-order valence-corrected chi connectivity index (χ0v) is 20.9. The maximum Gasteiger partial charge on any atom is 0.330 e. The molecule has 5 heteroatoms. The van der Waals surface area contributed by atoms with Gasteiger partial charge in [0.15, 0.2) is 0 Å². The SMILES string of the molecule is C=CC(=O)OCC(C)(C)COc1ccc2cc(-c3ccc(CCCCC)cc3OC)sc2c1. The van der Waals surface area contributed by atoms with Crippen LogP contribution in [0.4, 0.5) is 0 Å². The molecule has 2 aromatic carbocycles. The lowest BCUT2D eigenvalue weighted by molar-refractivity contribution is -0.141. The summed E-state index contributed by atoms with van der Waals surface area (Å²) in [5.74, 6) is 1.31. The highest BCUT2D eigenvalue weighted by molar-refractivity contribution is 7.22. The number of carbonyl (C=O) groups is 1. The number of methoxy groups -OCH3 is 1. The maximum atomic E-state index is 11.3. The Kier molecular flexibility index (Phi) is 8.56. The lowest BCUT2D eigenvalue weighted by atomic mass is 9.96. The first-order valence-corrected chi connectivity index (χ1v) is 12.3. The number of rotatable bonds is 12. The van der Waals surface area contributed by atoms with Gasteiger partial charge in [-0.3, -0.25) is 0 Å². The summed E-state index contributed by atoms with van der Waals surface area (Å²) < 4.78 is 18.1. The quantitative estimate of drug-likeness (QED) is 0.158. The van der Waals surface area contributed by atoms with Gasteiger partial charge >= 0.3 is 5.97 Å². The number of aryl methyl sites for hydroxylation is 1. The summed E-state index contributed by atoms with van der Waals surface area (Å²) >= 11 is 1.73. The number of unbranched alkanes of at least 4 members (excludes halogenated alkanes) is 2. The summed E-state index contributed by atoms with van der Waals surface area (Å²) in [4.78, 5) is 12.5. The van der Waals surface area contributed by atoms with Crippen LogP contribution < -0.4 is 9.47 Å². The highest BCUT2D eigenvalue weighted by Gasteiger charge is 2.21. The maximum absolute atomic E-state index is 11.3. The third-order valence-corrected chi connectivity index (χ3v) is 6.62. The summed E-state index contributed by atoms with van der Waals surface area (Å²) in [6.45, 7) is 10.4. The van der Waals surface area contributed by atoms with Crippen LogP contribution in [-0.4, -0.2) is 26.3 Å². The molecule has 0 fully saturated rings. The van der Waals surface area contributed by atoms with Crippen molar-refractivity contribution in [3.8, 4) is 21.9 Å². The third-order valence-electron chi connectivity index (χ3n) is 5.49. The van der Waals surface area contributed by atoms with Crippen LogP contribution in [0.5, 0.6) is 11.5 Å². The van der Waals surface area contributed by atoms with Crippen molar-refractivity contribution in [2.45, 2.75) is 46.5 Å². The summed E-state index contributed by atoms with van der Waals surface area (Å²) in [5, 5.41) is 1.18. The van der Waals surface area contributed by atoms with E-state index in [-0.39, 0.29) is 12.0 Å². The number of fused-ring (bicyclic) bond motifs is 1. The van der Waals surface area contributed by atoms with Crippen LogP contribution >= 0.6 is 11.3 Å². The van der Waals surface area contributed by atoms with E-state index in [0.29, 0.717) is 6.61 Å². The molecule has 33 heavy (non-hydrogen) atoms. The lowest BCUT2D eigenvalue weighted by Gasteiger charge is -2.24. The van der Waals surface area contributed by atoms with Gasteiger partial charge in [-0.1, -0.05) is 46.3 Å². The second kappa shape index (κ2) is 11.4. The number of hydrogen-bond acceptors (Lipinski definition) is 5. The third kappa shape index (κ3) is 6.84. The van der Waals surface area contributed by atoms with Crippen molar-refractivity contribution in [2.75, 3.05) is 20.3 Å². The van der Waals surface area contributed by atoms with Crippen molar-refractivity contribution in [3.05, 3.63) is 60.7 Å². The molecular weight excluding hydrogens is 432 g/mol. The predicted molar refractivity (Wildman–Crippen MR) is 137 cm³/mol. The van der Waals surface area contributed by atoms with Crippen LogP contribution in [0.25, 0.3) is 20.5 Å². The van der Waals surface area contributed by atoms with Crippen molar-refractivity contribution >= 4 is 27.4 Å². The van der Waals surface area contributed by atoms with Crippen molar-refractivity contribution in [1.82, 2.24) is 0 Å². The zero-order valence-electron chi connectivity index (χ0n) is 20.1. The van der Waals surface area contributed by atoms with Gasteiger partial charge in [-0.05, 0) is 60.2 Å². The second-order valence-corrected chi connectivity index (χ2v) is 10.2. The minimum Gasteiger partial charge on any atom is -0.496 e. The second-order valence-electron chi connectivity index (χ2n) is 9.07. The molecule has 0 unspecified atom stereocenters. The van der Waals surface area contributed by atoms with E-state index < -0.39 is 5.97 Å². The normalized spacial score (nSPS) is 11.4. The summed E-state index contributed by atoms with van der Waals surface area (Å²) in [5.41, 5.74) is 2.13. The van der Waals surface area contributed by atoms with E-state index in [1.807, 2.05) is 19.9 Å². The molecule has 0 N–H and O–H groups in total. The van der Waals surface area contributed by atoms with Crippen LogP contribution in [0.2, 0.25) is 0 Å². The number of thiophene rings is 1. The Labute approximate surface area is 201 Å². The molecule has 0 saturated carbocycles. The topological polar surface area (TPSA) is 44.8 Å². The van der Waals surface area contributed by atoms with Crippen LogP contribution in [0, 0.1) is 5.41 Å². The molecule has 0 aliphatic heterocycles. The fourth-order valence-corrected chi connectivity index (χ4v) is 4.67. The van der Waals surface area contributed by atoms with Crippen molar-refractivity contribution in [1.29, 1.82) is 0 Å². The number of hydrogen-bond donors (Lipinski definition) is 0. The fourth-order valence-electron chi connectivity index (χ4n) is 3.55. The Morgan fingerprint density at radius 3 is 2.64 bits per heavy atom. The summed E-state index contributed by atoms with van der Waals surface area (Å²) in [7, 11) is 1.74. The summed E-state index contributed by atoms with van der Waals surface area (Å²) in [6.07, 6.45) is 5.94. The Balaban J connectivity index is 1.73. The molecule has 0 saturated heterocycles. The molecule has 1 heterocycles. The first-order chi connectivity index (χ1) is 15.8. The fraction of sp³-hybridized carbons (Fsp3) is 0.393. The molecule has 3 aromatic rings. The van der Waals surface area contributed by atoms with Gasteiger partial charge in [0.1, 0.15) is 11.5 Å². The molecule has 176 valence electrons. The predicted octanol–water partition coefficient (Wildman–Crippen LogP) is 7.44. The molecule has 0 spiro atoms. The number of carbonyl (C=O) groups excluding carboxylic acids is 1. The Morgan fingerprint density at radius 1 is 1.09 bits per heavy atom. The number of ether oxygens (including phenoxy) is 3. The van der Waals surface area contributed by atoms with E-state index >= 15 is 0 Å². The Hall–Kier alpha value is -2.79. The molecule has 3 rings (SSSR count). The van der Waals surface area contributed by atoms with Crippen molar-refractivity contribution in [3.63, 3.8) is 0 Å². The molecule has 0 atom stereocenters. The average molecular weight is 467 g/mol. The molecule has 0 amide bonds. The average Bonchev–Trinajstić information content (AvgIpc) is 3.24. The first kappa shape index (κ1) is 24.8. The van der Waals surface area contributed by atoms with Gasteiger partial charge in [0.05, 0.1) is 20.3 Å². The van der Waals surface area contributed by atoms with E-state index in [2.05, 4.69) is 49.9 Å². The highest BCUT2D eigenvalue weighted by atomic mass is 32.1. The van der Waals surface area contributed by atoms with E-state index in [1.54, 1.807) is 18.4 Å².